The Hall–Kier alpha value is -2.75. The fourth-order valence-electron chi connectivity index (χ4n) is 3.55. The molecule has 11 heteroatoms. The smallest absolute Gasteiger partial charge is 0.349 e. The van der Waals surface area contributed by atoms with Gasteiger partial charge >= 0.3 is 12.4 Å². The summed E-state index contributed by atoms with van der Waals surface area (Å²) in [5.74, 6) is -2.23. The third kappa shape index (κ3) is 5.73. The van der Waals surface area contributed by atoms with Gasteiger partial charge in [-0.2, -0.15) is 26.3 Å². The number of carbonyl (C=O) groups is 2. The molecule has 2 atom stereocenters. The SMILES string of the molecule is O=C(N[C@@H]1CCC[C@@H]1C(=O)Nc1ccc(Cl)cc1)c1cc(C(F)(F)F)cc(C(F)(F)F)c1. The van der Waals surface area contributed by atoms with Gasteiger partial charge in [0, 0.05) is 22.3 Å². The maximum absolute atomic E-state index is 13.0. The molecule has 172 valence electrons. The van der Waals surface area contributed by atoms with Crippen molar-refractivity contribution in [1.29, 1.82) is 0 Å². The van der Waals surface area contributed by atoms with E-state index in [-0.39, 0.29) is 6.07 Å². The highest BCUT2D eigenvalue weighted by atomic mass is 35.5. The number of nitrogens with one attached hydrogen (secondary N) is 2. The molecule has 0 saturated heterocycles. The number of hydrogen-bond donors (Lipinski definition) is 2. The molecule has 1 fully saturated rings. The molecule has 0 radical (unpaired) electrons. The van der Waals surface area contributed by atoms with Crippen molar-refractivity contribution in [1.82, 2.24) is 5.32 Å². The number of hydrogen-bond acceptors (Lipinski definition) is 2. The van der Waals surface area contributed by atoms with Gasteiger partial charge < -0.3 is 10.6 Å². The van der Waals surface area contributed by atoms with Crippen molar-refractivity contribution in [2.75, 3.05) is 5.32 Å². The topological polar surface area (TPSA) is 58.2 Å². The van der Waals surface area contributed by atoms with Gasteiger partial charge in [-0.25, -0.2) is 0 Å². The molecule has 1 saturated carbocycles. The number of rotatable bonds is 4. The minimum absolute atomic E-state index is 0.0469. The molecule has 0 aliphatic heterocycles. The van der Waals surface area contributed by atoms with Crippen molar-refractivity contribution in [3.63, 3.8) is 0 Å². The number of halogens is 7. The molecular weight excluding hydrogens is 462 g/mol. The monoisotopic (exact) mass is 478 g/mol. The summed E-state index contributed by atoms with van der Waals surface area (Å²) in [5.41, 5.74) is -3.48. The first-order valence-corrected chi connectivity index (χ1v) is 9.89. The molecule has 1 aliphatic rings. The van der Waals surface area contributed by atoms with Crippen LogP contribution in [-0.4, -0.2) is 17.9 Å². The number of benzene rings is 2. The maximum Gasteiger partial charge on any atom is 0.416 e. The quantitative estimate of drug-likeness (QED) is 0.536. The Morgan fingerprint density at radius 2 is 1.44 bits per heavy atom. The standard InChI is InChI=1S/C21H17ClF6N2O2/c22-14-4-6-15(7-5-14)29-19(32)16-2-1-3-17(16)30-18(31)11-8-12(20(23,24)25)10-13(9-11)21(26,27)28/h4-10,16-17H,1-3H2,(H,29,32)(H,30,31)/t16-,17+/m0/s1. The summed E-state index contributed by atoms with van der Waals surface area (Å²) < 4.78 is 78.3. The van der Waals surface area contributed by atoms with Gasteiger partial charge in [0.05, 0.1) is 17.0 Å². The highest BCUT2D eigenvalue weighted by molar-refractivity contribution is 6.30. The van der Waals surface area contributed by atoms with Gasteiger partial charge in [0.1, 0.15) is 0 Å². The van der Waals surface area contributed by atoms with E-state index in [0.29, 0.717) is 42.1 Å². The van der Waals surface area contributed by atoms with Crippen LogP contribution in [0.1, 0.15) is 40.7 Å². The molecule has 0 unspecified atom stereocenters. The Kier molecular flexibility index (Phi) is 6.73. The number of alkyl halides is 6. The summed E-state index contributed by atoms with van der Waals surface area (Å²) in [6, 6.07) is 6.22. The Morgan fingerprint density at radius 1 is 0.875 bits per heavy atom. The zero-order chi connectivity index (χ0) is 23.7. The van der Waals surface area contributed by atoms with Gasteiger partial charge in [-0.15, -0.1) is 0 Å². The maximum atomic E-state index is 13.0. The molecule has 32 heavy (non-hydrogen) atoms. The lowest BCUT2D eigenvalue weighted by Crippen LogP contribution is -2.42. The molecule has 0 spiro atoms. The predicted octanol–water partition coefficient (Wildman–Crippen LogP) is 5.91. The van der Waals surface area contributed by atoms with Crippen molar-refractivity contribution in [2.45, 2.75) is 37.7 Å². The molecular formula is C21H17ClF6N2O2. The van der Waals surface area contributed by atoms with Crippen LogP contribution in [0, 0.1) is 5.92 Å². The fourth-order valence-corrected chi connectivity index (χ4v) is 3.68. The molecule has 2 N–H and O–H groups in total. The van der Waals surface area contributed by atoms with E-state index in [9.17, 15) is 35.9 Å². The molecule has 0 heterocycles. The van der Waals surface area contributed by atoms with Crippen LogP contribution < -0.4 is 10.6 Å². The van der Waals surface area contributed by atoms with Crippen molar-refractivity contribution in [3.05, 3.63) is 64.2 Å². The van der Waals surface area contributed by atoms with E-state index in [1.807, 2.05) is 0 Å². The molecule has 0 aromatic heterocycles. The number of anilines is 1. The molecule has 2 aromatic carbocycles. The Labute approximate surface area is 183 Å². The summed E-state index contributed by atoms with van der Waals surface area (Å²) in [6.07, 6.45) is -8.81. The second-order valence-electron chi connectivity index (χ2n) is 7.41. The van der Waals surface area contributed by atoms with Gasteiger partial charge in [-0.3, -0.25) is 9.59 Å². The van der Waals surface area contributed by atoms with Crippen molar-refractivity contribution in [3.8, 4) is 0 Å². The van der Waals surface area contributed by atoms with E-state index in [1.165, 1.54) is 0 Å². The van der Waals surface area contributed by atoms with Gasteiger partial charge in [0.2, 0.25) is 5.91 Å². The lowest BCUT2D eigenvalue weighted by Gasteiger charge is -2.21. The Bertz CT molecular complexity index is 973. The van der Waals surface area contributed by atoms with Crippen LogP contribution in [-0.2, 0) is 17.1 Å². The van der Waals surface area contributed by atoms with Crippen molar-refractivity contribution < 1.29 is 35.9 Å². The van der Waals surface area contributed by atoms with E-state index >= 15 is 0 Å². The van der Waals surface area contributed by atoms with Crippen LogP contribution in [0.2, 0.25) is 5.02 Å². The lowest BCUT2D eigenvalue weighted by atomic mass is 10.0. The highest BCUT2D eigenvalue weighted by Crippen LogP contribution is 2.36. The largest absolute Gasteiger partial charge is 0.416 e. The van der Waals surface area contributed by atoms with Gasteiger partial charge in [-0.05, 0) is 55.3 Å². The molecule has 3 rings (SSSR count). The van der Waals surface area contributed by atoms with E-state index in [1.54, 1.807) is 24.3 Å². The molecule has 4 nitrogen and oxygen atoms in total. The first-order valence-electron chi connectivity index (χ1n) is 9.51. The van der Waals surface area contributed by atoms with Crippen molar-refractivity contribution >= 4 is 29.1 Å². The zero-order valence-corrected chi connectivity index (χ0v) is 17.0. The fraction of sp³-hybridized carbons (Fsp3) is 0.333. The van der Waals surface area contributed by atoms with E-state index in [0.717, 1.165) is 0 Å². The van der Waals surface area contributed by atoms with Gasteiger partial charge in [0.25, 0.3) is 5.91 Å². The minimum atomic E-state index is -5.06. The number of carbonyl (C=O) groups excluding carboxylic acids is 2. The second-order valence-corrected chi connectivity index (χ2v) is 7.84. The van der Waals surface area contributed by atoms with E-state index in [2.05, 4.69) is 10.6 Å². The van der Waals surface area contributed by atoms with E-state index in [4.69, 9.17) is 11.6 Å². The lowest BCUT2D eigenvalue weighted by molar-refractivity contribution is -0.143. The third-order valence-electron chi connectivity index (χ3n) is 5.13. The molecule has 2 aromatic rings. The van der Waals surface area contributed by atoms with Crippen LogP contribution in [0.4, 0.5) is 32.0 Å². The molecule has 0 bridgehead atoms. The molecule has 1 aliphatic carbocycles. The zero-order valence-electron chi connectivity index (χ0n) is 16.3. The van der Waals surface area contributed by atoms with Crippen molar-refractivity contribution in [2.24, 2.45) is 5.92 Å². The average Bonchev–Trinajstić information content (AvgIpc) is 3.16. The summed E-state index contributed by atoms with van der Waals surface area (Å²) in [5, 5.41) is 5.55. The van der Waals surface area contributed by atoms with Crippen LogP contribution >= 0.6 is 11.6 Å². The summed E-state index contributed by atoms with van der Waals surface area (Å²) in [6.45, 7) is 0. The van der Waals surface area contributed by atoms with Crippen LogP contribution in [0.3, 0.4) is 0 Å². The van der Waals surface area contributed by atoms with Gasteiger partial charge in [0.15, 0.2) is 0 Å². The number of amides is 2. The van der Waals surface area contributed by atoms with Crippen LogP contribution in [0.5, 0.6) is 0 Å². The van der Waals surface area contributed by atoms with Gasteiger partial charge in [-0.1, -0.05) is 18.0 Å². The first kappa shape index (κ1) is 23.9. The predicted molar refractivity (Wildman–Crippen MR) is 105 cm³/mol. The molecule has 2 amide bonds. The Morgan fingerprint density at radius 3 is 1.97 bits per heavy atom. The summed E-state index contributed by atoms with van der Waals surface area (Å²) in [7, 11) is 0. The highest BCUT2D eigenvalue weighted by Gasteiger charge is 2.39. The Balaban J connectivity index is 1.78. The third-order valence-corrected chi connectivity index (χ3v) is 5.38. The normalized spacial score (nSPS) is 19.0. The average molecular weight is 479 g/mol. The first-order chi connectivity index (χ1) is 14.8. The second kappa shape index (κ2) is 9.01. The minimum Gasteiger partial charge on any atom is -0.349 e. The summed E-state index contributed by atoms with van der Waals surface area (Å²) in [4.78, 5) is 25.1. The van der Waals surface area contributed by atoms with E-state index < -0.39 is 52.8 Å². The van der Waals surface area contributed by atoms with Crippen LogP contribution in [0.15, 0.2) is 42.5 Å². The van der Waals surface area contributed by atoms with Crippen LogP contribution in [0.25, 0.3) is 0 Å². The summed E-state index contributed by atoms with van der Waals surface area (Å²) >= 11 is 5.79.